The molecule has 3 heterocycles. The molecule has 0 aliphatic rings. The van der Waals surface area contributed by atoms with E-state index in [0.29, 0.717) is 61.8 Å². The van der Waals surface area contributed by atoms with E-state index in [1.807, 2.05) is 12.1 Å². The Balaban J connectivity index is 1.20. The van der Waals surface area contributed by atoms with Crippen LogP contribution in [0.2, 0.25) is 0 Å². The minimum atomic E-state index is -4.84. The molecule has 0 spiro atoms. The molecule has 220 valence electrons. The molecule has 43 heavy (non-hydrogen) atoms. The first kappa shape index (κ1) is 28.2. The first-order chi connectivity index (χ1) is 20.6. The number of imidazole rings is 1. The van der Waals surface area contributed by atoms with Crippen molar-refractivity contribution in [3.8, 4) is 28.1 Å². The molecule has 8 nitrogen and oxygen atoms in total. The number of methoxy groups -OCH3 is 2. The standard InChI is InChI=1S/C30H21F4N3O5S/c1-39-19-11-25(20-13-27(42-26(20)12-19)23-14-37-28(35-23)43-29(36-37)40-2)41-15-17-5-3-4-16(8-17)9-24(38)18-6-7-21(22(31)10-18)30(32,33)34/h3-8,10-14H,9,15H2,1-2H3. The number of ketones is 1. The van der Waals surface area contributed by atoms with Crippen molar-refractivity contribution in [2.24, 2.45) is 0 Å². The molecule has 3 aromatic carbocycles. The maximum atomic E-state index is 14.0. The topological polar surface area (TPSA) is 88.1 Å². The summed E-state index contributed by atoms with van der Waals surface area (Å²) in [4.78, 5) is 17.9. The molecule has 6 rings (SSSR count). The summed E-state index contributed by atoms with van der Waals surface area (Å²) in [6, 6.07) is 14.4. The predicted octanol–water partition coefficient (Wildman–Crippen LogP) is 7.38. The minimum absolute atomic E-state index is 0.129. The maximum absolute atomic E-state index is 14.0. The molecule has 0 atom stereocenters. The monoisotopic (exact) mass is 611 g/mol. The summed E-state index contributed by atoms with van der Waals surface area (Å²) < 4.78 is 77.0. The summed E-state index contributed by atoms with van der Waals surface area (Å²) in [6.07, 6.45) is -3.24. The van der Waals surface area contributed by atoms with Crippen LogP contribution in [0.15, 0.2) is 71.3 Å². The second-order valence-corrected chi connectivity index (χ2v) is 10.4. The highest BCUT2D eigenvalue weighted by atomic mass is 32.1. The maximum Gasteiger partial charge on any atom is 0.419 e. The van der Waals surface area contributed by atoms with Gasteiger partial charge >= 0.3 is 6.18 Å². The van der Waals surface area contributed by atoms with Gasteiger partial charge in [0.2, 0.25) is 4.96 Å². The third-order valence-electron chi connectivity index (χ3n) is 6.61. The number of hydrogen-bond donors (Lipinski definition) is 0. The van der Waals surface area contributed by atoms with Gasteiger partial charge < -0.3 is 18.6 Å². The van der Waals surface area contributed by atoms with Crippen LogP contribution in [-0.4, -0.2) is 34.6 Å². The van der Waals surface area contributed by atoms with Crippen molar-refractivity contribution >= 4 is 33.1 Å². The Labute approximate surface area is 245 Å². The zero-order valence-electron chi connectivity index (χ0n) is 22.6. The summed E-state index contributed by atoms with van der Waals surface area (Å²) in [5.41, 5.74) is 0.870. The first-order valence-corrected chi connectivity index (χ1v) is 13.6. The lowest BCUT2D eigenvalue weighted by atomic mass is 10.00. The van der Waals surface area contributed by atoms with Gasteiger partial charge in [0, 0.05) is 24.1 Å². The molecule has 0 aliphatic heterocycles. The number of nitrogens with zero attached hydrogens (tertiary/aromatic N) is 3. The summed E-state index contributed by atoms with van der Waals surface area (Å²) >= 11 is 1.29. The number of alkyl halides is 3. The van der Waals surface area contributed by atoms with Crippen LogP contribution >= 0.6 is 11.3 Å². The molecule has 0 amide bonds. The van der Waals surface area contributed by atoms with E-state index in [4.69, 9.17) is 18.6 Å². The fraction of sp³-hybridized carbons (Fsp3) is 0.167. The quantitative estimate of drug-likeness (QED) is 0.125. The van der Waals surface area contributed by atoms with Crippen molar-refractivity contribution in [3.63, 3.8) is 0 Å². The molecular weight excluding hydrogens is 590 g/mol. The number of carbonyl (C=O) groups excluding carboxylic acids is 1. The van der Waals surface area contributed by atoms with Gasteiger partial charge in [-0.2, -0.15) is 13.2 Å². The van der Waals surface area contributed by atoms with E-state index >= 15 is 0 Å². The number of aromatic nitrogens is 3. The number of rotatable bonds is 9. The molecule has 6 aromatic rings. The highest BCUT2D eigenvalue weighted by Crippen LogP contribution is 2.38. The number of benzene rings is 3. The molecule has 0 saturated carbocycles. The van der Waals surface area contributed by atoms with Crippen LogP contribution in [0.25, 0.3) is 27.4 Å². The number of hydrogen-bond acceptors (Lipinski definition) is 8. The smallest absolute Gasteiger partial charge is 0.419 e. The Kier molecular flexibility index (Phi) is 7.26. The molecule has 0 aliphatic carbocycles. The number of fused-ring (bicyclic) bond motifs is 2. The summed E-state index contributed by atoms with van der Waals surface area (Å²) in [6.45, 7) is 0.129. The molecule has 0 saturated heterocycles. The summed E-state index contributed by atoms with van der Waals surface area (Å²) in [7, 11) is 3.06. The molecule has 13 heteroatoms. The van der Waals surface area contributed by atoms with E-state index in [0.717, 1.165) is 11.6 Å². The van der Waals surface area contributed by atoms with Crippen LogP contribution in [0.5, 0.6) is 16.7 Å². The molecule has 0 fully saturated rings. The van der Waals surface area contributed by atoms with Gasteiger partial charge in [-0.15, -0.1) is 5.10 Å². The molecular formula is C30H21F4N3O5S. The number of ether oxygens (including phenoxy) is 3. The number of Topliss-reactive ketones (excluding diaryl/α,β-unsaturated/α-hetero) is 1. The summed E-state index contributed by atoms with van der Waals surface area (Å²) in [5.74, 6) is -0.489. The Morgan fingerprint density at radius 3 is 2.56 bits per heavy atom. The predicted molar refractivity (Wildman–Crippen MR) is 149 cm³/mol. The van der Waals surface area contributed by atoms with Gasteiger partial charge in [-0.1, -0.05) is 30.3 Å². The van der Waals surface area contributed by atoms with Crippen LogP contribution in [0.4, 0.5) is 17.6 Å². The van der Waals surface area contributed by atoms with Gasteiger partial charge in [0.1, 0.15) is 35.2 Å². The highest BCUT2D eigenvalue weighted by molar-refractivity contribution is 7.18. The zero-order chi connectivity index (χ0) is 30.3. The Bertz CT molecular complexity index is 1950. The highest BCUT2D eigenvalue weighted by Gasteiger charge is 2.34. The molecule has 3 aromatic heterocycles. The normalized spacial score (nSPS) is 11.8. The number of carbonyl (C=O) groups is 1. The summed E-state index contributed by atoms with van der Waals surface area (Å²) in [5, 5.41) is 5.46. The minimum Gasteiger partial charge on any atom is -0.496 e. The van der Waals surface area contributed by atoms with Gasteiger partial charge in [-0.05, 0) is 40.7 Å². The third-order valence-corrected chi connectivity index (χ3v) is 7.49. The van der Waals surface area contributed by atoms with Crippen molar-refractivity contribution in [1.82, 2.24) is 14.6 Å². The fourth-order valence-electron chi connectivity index (χ4n) is 4.53. The van der Waals surface area contributed by atoms with Crippen LogP contribution in [0.1, 0.15) is 27.0 Å². The second kappa shape index (κ2) is 11.1. The van der Waals surface area contributed by atoms with Crippen molar-refractivity contribution < 1.29 is 41.0 Å². The van der Waals surface area contributed by atoms with E-state index in [1.165, 1.54) is 25.6 Å². The molecule has 0 bridgehead atoms. The lowest BCUT2D eigenvalue weighted by Crippen LogP contribution is -2.10. The average molecular weight is 612 g/mol. The van der Waals surface area contributed by atoms with Gasteiger partial charge in [0.25, 0.3) is 5.19 Å². The van der Waals surface area contributed by atoms with Crippen LogP contribution in [0.3, 0.4) is 0 Å². The largest absolute Gasteiger partial charge is 0.496 e. The van der Waals surface area contributed by atoms with Crippen molar-refractivity contribution in [1.29, 1.82) is 0 Å². The Hall–Kier alpha value is -4.91. The van der Waals surface area contributed by atoms with Gasteiger partial charge in [0.05, 0.1) is 31.4 Å². The van der Waals surface area contributed by atoms with Gasteiger partial charge in [0.15, 0.2) is 11.5 Å². The van der Waals surface area contributed by atoms with Gasteiger partial charge in [-0.3, -0.25) is 4.79 Å². The zero-order valence-corrected chi connectivity index (χ0v) is 23.4. The third kappa shape index (κ3) is 5.75. The van der Waals surface area contributed by atoms with E-state index in [-0.39, 0.29) is 18.6 Å². The Morgan fingerprint density at radius 1 is 1.02 bits per heavy atom. The van der Waals surface area contributed by atoms with Crippen molar-refractivity contribution in [3.05, 3.63) is 94.9 Å². The molecule has 0 radical (unpaired) electrons. The van der Waals surface area contributed by atoms with Crippen LogP contribution < -0.4 is 14.2 Å². The number of halogens is 4. The molecule has 0 unspecified atom stereocenters. The first-order valence-electron chi connectivity index (χ1n) is 12.7. The van der Waals surface area contributed by atoms with Gasteiger partial charge in [-0.25, -0.2) is 13.9 Å². The lowest BCUT2D eigenvalue weighted by molar-refractivity contribution is -0.140. The fourth-order valence-corrected chi connectivity index (χ4v) is 5.23. The second-order valence-electron chi connectivity index (χ2n) is 9.47. The van der Waals surface area contributed by atoms with Crippen LogP contribution in [0, 0.1) is 5.82 Å². The lowest BCUT2D eigenvalue weighted by Gasteiger charge is -2.11. The number of furan rings is 1. The van der Waals surface area contributed by atoms with Crippen LogP contribution in [-0.2, 0) is 19.2 Å². The van der Waals surface area contributed by atoms with E-state index in [1.54, 1.807) is 41.0 Å². The van der Waals surface area contributed by atoms with Crippen molar-refractivity contribution in [2.45, 2.75) is 19.2 Å². The average Bonchev–Trinajstić information content (AvgIpc) is 3.68. The Morgan fingerprint density at radius 2 is 1.84 bits per heavy atom. The SMILES string of the molecule is COc1cc(OCc2cccc(CC(=O)c3ccc(C(F)(F)F)c(F)c3)c2)c2cc(-c3cn4nc(OC)sc4n3)oc2c1. The van der Waals surface area contributed by atoms with Crippen molar-refractivity contribution in [2.75, 3.05) is 14.2 Å². The molecule has 0 N–H and O–H groups in total. The van der Waals surface area contributed by atoms with E-state index in [2.05, 4.69) is 10.1 Å². The van der Waals surface area contributed by atoms with E-state index in [9.17, 15) is 22.4 Å². The van der Waals surface area contributed by atoms with E-state index < -0.39 is 23.3 Å².